The Labute approximate surface area is 230 Å². The van der Waals surface area contributed by atoms with E-state index in [1.165, 1.54) is 16.8 Å². The zero-order chi connectivity index (χ0) is 27.0. The van der Waals surface area contributed by atoms with Crippen LogP contribution in [0.1, 0.15) is 11.1 Å². The van der Waals surface area contributed by atoms with E-state index >= 15 is 0 Å². The number of aromatic nitrogens is 5. The molecular formula is C24H19IN8O4S. The van der Waals surface area contributed by atoms with Crippen molar-refractivity contribution in [3.05, 3.63) is 69.4 Å². The Morgan fingerprint density at radius 1 is 1.13 bits per heavy atom. The minimum absolute atomic E-state index is 0.0174. The number of aliphatic carboxylic acids is 1. The molecule has 0 aliphatic carbocycles. The normalized spacial score (nSPS) is 14.1. The lowest BCUT2D eigenvalue weighted by atomic mass is 10.0. The molecule has 0 unspecified atom stereocenters. The largest absolute Gasteiger partial charge is 0.481 e. The molecule has 1 fully saturated rings. The quantitative estimate of drug-likeness (QED) is 0.284. The number of rotatable bonds is 7. The molecule has 0 atom stereocenters. The molecular weight excluding hydrogens is 623 g/mol. The number of nitrogen functional groups attached to an aromatic ring is 1. The fourth-order valence-corrected chi connectivity index (χ4v) is 6.23. The van der Waals surface area contributed by atoms with Crippen molar-refractivity contribution in [3.63, 3.8) is 0 Å². The van der Waals surface area contributed by atoms with Crippen molar-refractivity contribution in [1.29, 1.82) is 5.26 Å². The minimum Gasteiger partial charge on any atom is -0.481 e. The average molecular weight is 642 g/mol. The molecule has 1 saturated heterocycles. The number of halogens is 1. The van der Waals surface area contributed by atoms with Gasteiger partial charge in [-0.15, -0.1) is 5.10 Å². The summed E-state index contributed by atoms with van der Waals surface area (Å²) in [6, 6.07) is 15.7. The van der Waals surface area contributed by atoms with Gasteiger partial charge in [0.25, 0.3) is 0 Å². The minimum atomic E-state index is -3.80. The molecule has 14 heteroatoms. The third-order valence-electron chi connectivity index (χ3n) is 6.02. The van der Waals surface area contributed by atoms with Gasteiger partial charge in [-0.2, -0.15) is 9.57 Å². The Balaban J connectivity index is 1.38. The number of sulfonamides is 1. The van der Waals surface area contributed by atoms with Crippen LogP contribution >= 0.6 is 22.6 Å². The Hall–Kier alpha value is -3.94. The van der Waals surface area contributed by atoms with E-state index < -0.39 is 21.9 Å². The summed E-state index contributed by atoms with van der Waals surface area (Å²) in [5, 5.41) is 27.0. The lowest BCUT2D eigenvalue weighted by molar-refractivity contribution is -0.145. The lowest BCUT2D eigenvalue weighted by Gasteiger charge is -2.35. The molecule has 0 saturated carbocycles. The van der Waals surface area contributed by atoms with Gasteiger partial charge in [0, 0.05) is 22.2 Å². The van der Waals surface area contributed by atoms with E-state index in [2.05, 4.69) is 48.9 Å². The number of benzene rings is 2. The van der Waals surface area contributed by atoms with Crippen LogP contribution in [0.3, 0.4) is 0 Å². The summed E-state index contributed by atoms with van der Waals surface area (Å²) in [6.45, 7) is 0.143. The first-order valence-corrected chi connectivity index (χ1v) is 13.7. The highest BCUT2D eigenvalue weighted by atomic mass is 127. The Morgan fingerprint density at radius 3 is 2.61 bits per heavy atom. The van der Waals surface area contributed by atoms with Crippen molar-refractivity contribution in [3.8, 4) is 28.7 Å². The maximum Gasteiger partial charge on any atom is 0.309 e. The second-order valence-corrected chi connectivity index (χ2v) is 11.7. The molecule has 0 spiro atoms. The lowest BCUT2D eigenvalue weighted by Crippen LogP contribution is -2.52. The molecule has 5 rings (SSSR count). The topological polar surface area (TPSA) is 181 Å². The van der Waals surface area contributed by atoms with E-state index in [4.69, 9.17) is 10.8 Å². The first-order valence-electron chi connectivity index (χ1n) is 11.2. The molecule has 3 N–H and O–H groups in total. The molecule has 1 aliphatic rings. The predicted octanol–water partition coefficient (Wildman–Crippen LogP) is 2.21. The highest BCUT2D eigenvalue weighted by molar-refractivity contribution is 14.1. The van der Waals surface area contributed by atoms with Gasteiger partial charge in [0.2, 0.25) is 16.0 Å². The summed E-state index contributed by atoms with van der Waals surface area (Å²) in [5.74, 6) is -1.67. The summed E-state index contributed by atoms with van der Waals surface area (Å²) >= 11 is 2.09. The van der Waals surface area contributed by atoms with Gasteiger partial charge in [-0.3, -0.25) is 4.79 Å². The van der Waals surface area contributed by atoms with Crippen molar-refractivity contribution < 1.29 is 18.3 Å². The van der Waals surface area contributed by atoms with E-state index in [1.54, 1.807) is 30.5 Å². The van der Waals surface area contributed by atoms with Crippen molar-refractivity contribution in [2.75, 3.05) is 18.8 Å². The summed E-state index contributed by atoms with van der Waals surface area (Å²) in [5.41, 5.74) is 9.05. The zero-order valence-electron chi connectivity index (χ0n) is 19.6. The van der Waals surface area contributed by atoms with Gasteiger partial charge >= 0.3 is 5.97 Å². The molecule has 4 aromatic rings. The fraction of sp³-hybridized carbons (Fsp3) is 0.167. The van der Waals surface area contributed by atoms with Crippen LogP contribution in [-0.4, -0.2) is 61.9 Å². The molecule has 192 valence electrons. The van der Waals surface area contributed by atoms with E-state index in [0.29, 0.717) is 33.8 Å². The fourth-order valence-electron chi connectivity index (χ4n) is 4.01. The van der Waals surface area contributed by atoms with Gasteiger partial charge in [0.15, 0.2) is 0 Å². The van der Waals surface area contributed by atoms with Crippen LogP contribution in [-0.2, 0) is 21.4 Å². The van der Waals surface area contributed by atoms with Gasteiger partial charge in [-0.05, 0) is 52.4 Å². The number of hydrogen-bond acceptors (Lipinski definition) is 9. The third kappa shape index (κ3) is 4.95. The third-order valence-corrected chi connectivity index (χ3v) is 8.75. The highest BCUT2D eigenvalue weighted by Gasteiger charge is 2.40. The number of carboxylic acid groups (broad SMARTS) is 1. The molecule has 3 heterocycles. The maximum absolute atomic E-state index is 12.9. The van der Waals surface area contributed by atoms with E-state index in [9.17, 15) is 18.5 Å². The first-order chi connectivity index (χ1) is 18.2. The summed E-state index contributed by atoms with van der Waals surface area (Å²) in [7, 11) is -3.80. The first kappa shape index (κ1) is 25.7. The van der Waals surface area contributed by atoms with Gasteiger partial charge in [0.1, 0.15) is 11.8 Å². The second kappa shape index (κ2) is 10.1. The summed E-state index contributed by atoms with van der Waals surface area (Å²) < 4.78 is 29.2. The van der Waals surface area contributed by atoms with Crippen molar-refractivity contribution in [2.45, 2.75) is 11.4 Å². The Bertz CT molecular complexity index is 1710. The van der Waals surface area contributed by atoms with Crippen LogP contribution < -0.4 is 5.73 Å². The van der Waals surface area contributed by atoms with Crippen LogP contribution in [0.15, 0.2) is 59.6 Å². The van der Waals surface area contributed by atoms with Crippen molar-refractivity contribution in [2.24, 2.45) is 5.92 Å². The average Bonchev–Trinajstić information content (AvgIpc) is 3.31. The number of carboxylic acids is 1. The van der Waals surface area contributed by atoms with Crippen LogP contribution in [0.25, 0.3) is 22.6 Å². The molecule has 2 aromatic carbocycles. The number of nitriles is 1. The van der Waals surface area contributed by atoms with Crippen LogP contribution in [0.4, 0.5) is 5.95 Å². The number of hydrogen-bond donors (Lipinski definition) is 2. The van der Waals surface area contributed by atoms with Crippen LogP contribution in [0, 0.1) is 20.8 Å². The number of nitrogens with two attached hydrogens (primary N) is 1. The van der Waals surface area contributed by atoms with E-state index in [1.807, 2.05) is 12.1 Å². The predicted molar refractivity (Wildman–Crippen MR) is 144 cm³/mol. The molecule has 1 aliphatic heterocycles. The second-order valence-electron chi connectivity index (χ2n) is 8.58. The molecule has 38 heavy (non-hydrogen) atoms. The molecule has 12 nitrogen and oxygen atoms in total. The van der Waals surface area contributed by atoms with Gasteiger partial charge in [0.05, 0.1) is 40.5 Å². The Kier molecular flexibility index (Phi) is 6.82. The highest BCUT2D eigenvalue weighted by Crippen LogP contribution is 2.29. The molecule has 0 radical (unpaired) electrons. The smallest absolute Gasteiger partial charge is 0.309 e. The van der Waals surface area contributed by atoms with Gasteiger partial charge in [-0.1, -0.05) is 29.5 Å². The molecule has 0 bridgehead atoms. The van der Waals surface area contributed by atoms with Crippen LogP contribution in [0.5, 0.6) is 0 Å². The standard InChI is InChI=1S/C24H19IN8O4S/c25-19-6-2-5-17(18(19)9-26)20-8-21(29-24(27)28-20)22-13-32(31-30-22)10-14-3-1-4-16(7-14)38(36,37)33-11-15(12-33)23(34)35/h1-8,13,15H,10-12H2,(H,34,35)(H2,27,28,29). The van der Waals surface area contributed by atoms with E-state index in [0.717, 1.165) is 7.88 Å². The van der Waals surface area contributed by atoms with Gasteiger partial charge < -0.3 is 10.8 Å². The number of anilines is 1. The van der Waals surface area contributed by atoms with E-state index in [-0.39, 0.29) is 30.5 Å². The monoisotopic (exact) mass is 642 g/mol. The van der Waals surface area contributed by atoms with Crippen molar-refractivity contribution in [1.82, 2.24) is 29.3 Å². The van der Waals surface area contributed by atoms with Crippen LogP contribution in [0.2, 0.25) is 0 Å². The summed E-state index contributed by atoms with van der Waals surface area (Å²) in [6.07, 6.45) is 1.65. The SMILES string of the molecule is N#Cc1c(I)cccc1-c1cc(-c2cn(Cc3cccc(S(=O)(=O)N4CC(C(=O)O)C4)c3)nn2)nc(N)n1. The maximum atomic E-state index is 12.9. The zero-order valence-corrected chi connectivity index (χ0v) is 22.5. The Morgan fingerprint density at radius 2 is 1.87 bits per heavy atom. The number of carbonyl (C=O) groups is 1. The number of nitrogens with zero attached hydrogens (tertiary/aromatic N) is 7. The molecule has 0 amide bonds. The summed E-state index contributed by atoms with van der Waals surface area (Å²) in [4.78, 5) is 19.7. The van der Waals surface area contributed by atoms with Crippen molar-refractivity contribution >= 4 is 44.5 Å². The van der Waals surface area contributed by atoms with Gasteiger partial charge in [-0.25, -0.2) is 23.1 Å². The molecule has 2 aromatic heterocycles.